The van der Waals surface area contributed by atoms with Gasteiger partial charge in [-0.2, -0.15) is 0 Å². The molecule has 1 aromatic heterocycles. The quantitative estimate of drug-likeness (QED) is 0.445. The highest BCUT2D eigenvalue weighted by Crippen LogP contribution is 2.22. The lowest BCUT2D eigenvalue weighted by Gasteiger charge is -1.89. The van der Waals surface area contributed by atoms with Crippen LogP contribution in [-0.4, -0.2) is 16.2 Å². The Morgan fingerprint density at radius 3 is 2.38 bits per heavy atom. The molecule has 6 nitrogen and oxygen atoms in total. The molecule has 0 amide bonds. The van der Waals surface area contributed by atoms with E-state index in [1.165, 1.54) is 35.6 Å². The van der Waals surface area contributed by atoms with Crippen LogP contribution >= 0.6 is 11.3 Å². The Balaban J connectivity index is 0.000000154. The Morgan fingerprint density at radius 1 is 1.14 bits per heavy atom. The molecule has 2 N–H and O–H groups in total. The number of para-hydroxylation sites is 1. The largest absolute Gasteiger partial charge is 0.375 e. The molecule has 21 heavy (non-hydrogen) atoms. The lowest BCUT2D eigenvalue weighted by molar-refractivity contribution is -0.384. The fourth-order valence-corrected chi connectivity index (χ4v) is 2.30. The minimum Gasteiger partial charge on any atom is -0.375 e. The van der Waals surface area contributed by atoms with Crippen LogP contribution in [0.5, 0.6) is 0 Å². The lowest BCUT2D eigenvalue weighted by atomic mass is 10.2. The molecule has 7 heteroatoms. The number of anilines is 1. The molecule has 0 fully saturated rings. The summed E-state index contributed by atoms with van der Waals surface area (Å²) < 4.78 is 1.15. The summed E-state index contributed by atoms with van der Waals surface area (Å²) in [5.41, 5.74) is 6.93. The smallest absolute Gasteiger partial charge is 0.269 e. The van der Waals surface area contributed by atoms with Gasteiger partial charge in [-0.05, 0) is 24.3 Å². The van der Waals surface area contributed by atoms with E-state index in [1.807, 2.05) is 24.3 Å². The van der Waals surface area contributed by atoms with Crippen LogP contribution in [0.1, 0.15) is 10.4 Å². The van der Waals surface area contributed by atoms with E-state index in [1.54, 1.807) is 0 Å². The number of aromatic nitrogens is 1. The van der Waals surface area contributed by atoms with E-state index in [2.05, 4.69) is 4.98 Å². The van der Waals surface area contributed by atoms with Crippen LogP contribution in [0.4, 0.5) is 10.8 Å². The first-order valence-corrected chi connectivity index (χ1v) is 6.72. The number of non-ortho nitro benzene ring substituents is 1. The summed E-state index contributed by atoms with van der Waals surface area (Å²) in [6, 6.07) is 13.3. The summed E-state index contributed by atoms with van der Waals surface area (Å²) in [7, 11) is 0. The van der Waals surface area contributed by atoms with Crippen molar-refractivity contribution in [2.75, 3.05) is 5.73 Å². The zero-order valence-electron chi connectivity index (χ0n) is 10.8. The number of carbonyl (C=O) groups is 1. The van der Waals surface area contributed by atoms with Gasteiger partial charge in [0.05, 0.1) is 15.1 Å². The summed E-state index contributed by atoms with van der Waals surface area (Å²) in [6.45, 7) is 0. The molecular weight excluding hydrogens is 290 g/mol. The molecule has 0 aliphatic rings. The van der Waals surface area contributed by atoms with Crippen molar-refractivity contribution in [1.82, 2.24) is 4.98 Å². The van der Waals surface area contributed by atoms with Crippen molar-refractivity contribution in [3.8, 4) is 0 Å². The number of aldehydes is 1. The van der Waals surface area contributed by atoms with Crippen LogP contribution in [0.15, 0.2) is 48.5 Å². The molecule has 3 rings (SSSR count). The maximum atomic E-state index is 10.1. The molecule has 0 unspecified atom stereocenters. The Bertz CT molecular complexity index is 735. The van der Waals surface area contributed by atoms with E-state index >= 15 is 0 Å². The summed E-state index contributed by atoms with van der Waals surface area (Å²) in [5.74, 6) is 0. The van der Waals surface area contributed by atoms with Gasteiger partial charge in [0.1, 0.15) is 6.29 Å². The van der Waals surface area contributed by atoms with Crippen molar-refractivity contribution in [2.24, 2.45) is 0 Å². The van der Waals surface area contributed by atoms with Crippen molar-refractivity contribution >= 4 is 38.7 Å². The number of carbonyl (C=O) groups excluding carboxylic acids is 1. The van der Waals surface area contributed by atoms with E-state index in [-0.39, 0.29) is 5.69 Å². The summed E-state index contributed by atoms with van der Waals surface area (Å²) in [6.07, 6.45) is 0.643. The molecule has 1 heterocycles. The highest BCUT2D eigenvalue weighted by molar-refractivity contribution is 7.22. The second kappa shape index (κ2) is 6.58. The zero-order valence-corrected chi connectivity index (χ0v) is 11.6. The molecule has 0 aliphatic heterocycles. The van der Waals surface area contributed by atoms with Crippen molar-refractivity contribution < 1.29 is 9.72 Å². The number of nitrogens with zero attached hydrogens (tertiary/aromatic N) is 2. The number of hydrogen-bond acceptors (Lipinski definition) is 6. The average Bonchev–Trinajstić information content (AvgIpc) is 2.88. The van der Waals surface area contributed by atoms with Crippen molar-refractivity contribution in [2.45, 2.75) is 0 Å². The molecule has 0 atom stereocenters. The molecule has 2 aromatic carbocycles. The number of nitro groups is 1. The molecular formula is C14H11N3O3S. The number of thiazole rings is 1. The topological polar surface area (TPSA) is 99.1 Å². The first-order valence-electron chi connectivity index (χ1n) is 5.91. The third kappa shape index (κ3) is 3.83. The molecule has 3 aromatic rings. The van der Waals surface area contributed by atoms with E-state index < -0.39 is 4.92 Å². The van der Waals surface area contributed by atoms with Crippen LogP contribution in [0.25, 0.3) is 10.2 Å². The van der Waals surface area contributed by atoms with Crippen molar-refractivity contribution in [3.05, 3.63) is 64.2 Å². The first kappa shape index (κ1) is 14.6. The fourth-order valence-electron chi connectivity index (χ4n) is 1.56. The van der Waals surface area contributed by atoms with Crippen LogP contribution in [0, 0.1) is 10.1 Å². The lowest BCUT2D eigenvalue weighted by Crippen LogP contribution is -1.87. The highest BCUT2D eigenvalue weighted by atomic mass is 32.1. The zero-order chi connectivity index (χ0) is 15.2. The van der Waals surface area contributed by atoms with Crippen LogP contribution < -0.4 is 5.73 Å². The molecule has 0 aliphatic carbocycles. The van der Waals surface area contributed by atoms with Gasteiger partial charge in [0, 0.05) is 17.7 Å². The number of rotatable bonds is 2. The Labute approximate surface area is 124 Å². The van der Waals surface area contributed by atoms with E-state index in [0.717, 1.165) is 10.2 Å². The number of hydrogen-bond donors (Lipinski definition) is 1. The van der Waals surface area contributed by atoms with Crippen molar-refractivity contribution in [1.29, 1.82) is 0 Å². The van der Waals surface area contributed by atoms with Crippen LogP contribution in [0.2, 0.25) is 0 Å². The number of benzene rings is 2. The van der Waals surface area contributed by atoms with Crippen LogP contribution in [-0.2, 0) is 0 Å². The van der Waals surface area contributed by atoms with Gasteiger partial charge in [0.15, 0.2) is 5.13 Å². The summed E-state index contributed by atoms with van der Waals surface area (Å²) in [4.78, 5) is 23.8. The second-order valence-electron chi connectivity index (χ2n) is 3.99. The third-order valence-corrected chi connectivity index (χ3v) is 3.42. The summed E-state index contributed by atoms with van der Waals surface area (Å²) in [5, 5.41) is 10.8. The van der Waals surface area contributed by atoms with Gasteiger partial charge >= 0.3 is 0 Å². The normalized spacial score (nSPS) is 9.71. The third-order valence-electron chi connectivity index (χ3n) is 2.55. The van der Waals surface area contributed by atoms with Gasteiger partial charge in [-0.3, -0.25) is 14.9 Å². The number of fused-ring (bicyclic) bond motifs is 1. The predicted molar refractivity (Wildman–Crippen MR) is 82.5 cm³/mol. The van der Waals surface area contributed by atoms with Gasteiger partial charge in [-0.1, -0.05) is 23.5 Å². The molecule has 0 saturated carbocycles. The number of nitro benzene ring substituents is 1. The minimum absolute atomic E-state index is 0.00407. The monoisotopic (exact) mass is 301 g/mol. The maximum absolute atomic E-state index is 10.1. The number of nitrogens with two attached hydrogens (primary N) is 1. The van der Waals surface area contributed by atoms with Gasteiger partial charge in [-0.25, -0.2) is 4.98 Å². The van der Waals surface area contributed by atoms with Crippen LogP contribution in [0.3, 0.4) is 0 Å². The SMILES string of the molecule is Nc1nc2ccccc2s1.O=Cc1ccc([N+](=O)[O-])cc1. The second-order valence-corrected chi connectivity index (χ2v) is 5.05. The fraction of sp³-hybridized carbons (Fsp3) is 0. The van der Waals surface area contributed by atoms with E-state index in [4.69, 9.17) is 5.73 Å². The number of nitrogen functional groups attached to an aromatic ring is 1. The molecule has 0 bridgehead atoms. The van der Waals surface area contributed by atoms with Gasteiger partial charge < -0.3 is 5.73 Å². The maximum Gasteiger partial charge on any atom is 0.269 e. The van der Waals surface area contributed by atoms with Gasteiger partial charge in [-0.15, -0.1) is 0 Å². The molecule has 0 radical (unpaired) electrons. The van der Waals surface area contributed by atoms with E-state index in [0.29, 0.717) is 17.0 Å². The first-order chi connectivity index (χ1) is 10.1. The predicted octanol–water partition coefficient (Wildman–Crippen LogP) is 3.29. The van der Waals surface area contributed by atoms with Gasteiger partial charge in [0.25, 0.3) is 5.69 Å². The molecule has 0 saturated heterocycles. The molecule has 0 spiro atoms. The average molecular weight is 301 g/mol. The molecule has 106 valence electrons. The Morgan fingerprint density at radius 2 is 1.81 bits per heavy atom. The minimum atomic E-state index is -0.505. The Hall–Kier alpha value is -2.80. The van der Waals surface area contributed by atoms with E-state index in [9.17, 15) is 14.9 Å². The summed E-state index contributed by atoms with van der Waals surface area (Å²) >= 11 is 1.52. The highest BCUT2D eigenvalue weighted by Gasteiger charge is 2.02. The van der Waals surface area contributed by atoms with Crippen molar-refractivity contribution in [3.63, 3.8) is 0 Å². The van der Waals surface area contributed by atoms with Gasteiger partial charge in [0.2, 0.25) is 0 Å². The Kier molecular flexibility index (Phi) is 4.57. The standard InChI is InChI=1S/C7H6N2S.C7H5NO3/c8-7-9-5-3-1-2-4-6(5)10-7;9-5-6-1-3-7(4-2-6)8(10)11/h1-4H,(H2,8,9);1-5H.